The summed E-state index contributed by atoms with van der Waals surface area (Å²) in [6.07, 6.45) is 2.67. The van der Waals surface area contributed by atoms with Gasteiger partial charge in [-0.3, -0.25) is 0 Å². The van der Waals surface area contributed by atoms with Crippen LogP contribution in [0.15, 0.2) is 18.2 Å². The number of rotatable bonds is 4. The van der Waals surface area contributed by atoms with Crippen molar-refractivity contribution in [2.75, 3.05) is 6.54 Å². The van der Waals surface area contributed by atoms with Crippen molar-refractivity contribution in [1.29, 1.82) is 0 Å². The first kappa shape index (κ1) is 11.0. The Kier molecular flexibility index (Phi) is 3.32. The lowest BCUT2D eigenvalue weighted by molar-refractivity contribution is 0.496. The third kappa shape index (κ3) is 2.53. The Balaban J connectivity index is 2.24. The Morgan fingerprint density at radius 2 is 2.20 bits per heavy atom. The highest BCUT2D eigenvalue weighted by Crippen LogP contribution is 2.42. The van der Waals surface area contributed by atoms with Crippen molar-refractivity contribution in [3.63, 3.8) is 0 Å². The third-order valence-corrected chi connectivity index (χ3v) is 3.34. The fourth-order valence-corrected chi connectivity index (χ4v) is 2.42. The lowest BCUT2D eigenvalue weighted by atomic mass is 10.0. The van der Waals surface area contributed by atoms with E-state index in [4.69, 9.17) is 11.6 Å². The van der Waals surface area contributed by atoms with Crippen LogP contribution in [0, 0.1) is 12.8 Å². The number of nitrogens with one attached hydrogen (secondary N) is 1. The van der Waals surface area contributed by atoms with E-state index in [-0.39, 0.29) is 0 Å². The van der Waals surface area contributed by atoms with E-state index >= 15 is 0 Å². The highest BCUT2D eigenvalue weighted by atomic mass is 35.5. The fourth-order valence-electron chi connectivity index (χ4n) is 2.06. The van der Waals surface area contributed by atoms with Crippen molar-refractivity contribution >= 4 is 11.6 Å². The minimum absolute atomic E-state index is 0.461. The fraction of sp³-hybridized carbons (Fsp3) is 0.538. The summed E-state index contributed by atoms with van der Waals surface area (Å²) in [7, 11) is 0. The standard InChI is InChI=1S/C13H18ClN/c1-3-15-13(10-5-6-10)11-7-4-9(2)8-12(11)14/h4,7-8,10,13,15H,3,5-6H2,1-2H3. The van der Waals surface area contributed by atoms with Gasteiger partial charge in [0.1, 0.15) is 0 Å². The maximum Gasteiger partial charge on any atom is 0.0456 e. The smallest absolute Gasteiger partial charge is 0.0456 e. The van der Waals surface area contributed by atoms with Gasteiger partial charge in [0.25, 0.3) is 0 Å². The second kappa shape index (κ2) is 4.54. The zero-order valence-corrected chi connectivity index (χ0v) is 10.1. The van der Waals surface area contributed by atoms with Gasteiger partial charge in [-0.15, -0.1) is 0 Å². The van der Waals surface area contributed by atoms with Gasteiger partial charge in [0.15, 0.2) is 0 Å². The number of halogens is 1. The second-order valence-electron chi connectivity index (χ2n) is 4.40. The lowest BCUT2D eigenvalue weighted by Crippen LogP contribution is -2.22. The van der Waals surface area contributed by atoms with Crippen molar-refractivity contribution in [3.8, 4) is 0 Å². The molecule has 1 nitrogen and oxygen atoms in total. The first-order valence-corrected chi connectivity index (χ1v) is 6.09. The quantitative estimate of drug-likeness (QED) is 0.821. The first-order chi connectivity index (χ1) is 7.22. The maximum absolute atomic E-state index is 6.29. The molecule has 2 rings (SSSR count). The van der Waals surface area contributed by atoms with Gasteiger partial charge in [0.2, 0.25) is 0 Å². The monoisotopic (exact) mass is 223 g/mol. The Hall–Kier alpha value is -0.530. The van der Waals surface area contributed by atoms with Crippen molar-refractivity contribution < 1.29 is 0 Å². The van der Waals surface area contributed by atoms with E-state index in [9.17, 15) is 0 Å². The molecule has 1 saturated carbocycles. The van der Waals surface area contributed by atoms with E-state index in [2.05, 4.69) is 37.4 Å². The molecule has 0 bridgehead atoms. The molecule has 0 aliphatic heterocycles. The van der Waals surface area contributed by atoms with E-state index in [1.165, 1.54) is 24.0 Å². The van der Waals surface area contributed by atoms with E-state index in [1.807, 2.05) is 0 Å². The molecule has 1 unspecified atom stereocenters. The highest BCUT2D eigenvalue weighted by Gasteiger charge is 2.32. The topological polar surface area (TPSA) is 12.0 Å². The largest absolute Gasteiger partial charge is 0.310 e. The van der Waals surface area contributed by atoms with Crippen molar-refractivity contribution in [2.45, 2.75) is 32.7 Å². The molecule has 0 heterocycles. The van der Waals surface area contributed by atoms with Crippen LogP contribution in [-0.2, 0) is 0 Å². The summed E-state index contributed by atoms with van der Waals surface area (Å²) in [6, 6.07) is 6.84. The molecule has 0 saturated heterocycles. The highest BCUT2D eigenvalue weighted by molar-refractivity contribution is 6.31. The Labute approximate surface area is 96.8 Å². The van der Waals surface area contributed by atoms with E-state index in [0.29, 0.717) is 6.04 Å². The molecule has 0 radical (unpaired) electrons. The maximum atomic E-state index is 6.29. The number of hydrogen-bond donors (Lipinski definition) is 1. The molecule has 0 spiro atoms. The molecule has 2 heteroatoms. The SMILES string of the molecule is CCNC(c1ccc(C)cc1Cl)C1CC1. The molecular weight excluding hydrogens is 206 g/mol. The van der Waals surface area contributed by atoms with Crippen molar-refractivity contribution in [2.24, 2.45) is 5.92 Å². The molecule has 1 aromatic carbocycles. The summed E-state index contributed by atoms with van der Waals surface area (Å²) in [5.74, 6) is 0.796. The van der Waals surface area contributed by atoms with Crippen LogP contribution < -0.4 is 5.32 Å². The molecule has 15 heavy (non-hydrogen) atoms. The first-order valence-electron chi connectivity index (χ1n) is 5.71. The van der Waals surface area contributed by atoms with Crippen LogP contribution in [0.25, 0.3) is 0 Å². The summed E-state index contributed by atoms with van der Waals surface area (Å²) in [5.41, 5.74) is 2.50. The zero-order chi connectivity index (χ0) is 10.8. The predicted molar refractivity (Wildman–Crippen MR) is 65.3 cm³/mol. The molecule has 1 atom stereocenters. The van der Waals surface area contributed by atoms with E-state index in [1.54, 1.807) is 0 Å². The Morgan fingerprint density at radius 3 is 2.73 bits per heavy atom. The summed E-state index contributed by atoms with van der Waals surface area (Å²) in [6.45, 7) is 5.23. The zero-order valence-electron chi connectivity index (χ0n) is 9.39. The van der Waals surface area contributed by atoms with Gasteiger partial charge in [-0.25, -0.2) is 0 Å². The molecule has 0 aromatic heterocycles. The molecule has 82 valence electrons. The van der Waals surface area contributed by atoms with Crippen LogP contribution in [0.2, 0.25) is 5.02 Å². The average Bonchev–Trinajstić information content (AvgIpc) is 2.98. The Morgan fingerprint density at radius 1 is 1.47 bits per heavy atom. The summed E-state index contributed by atoms with van der Waals surface area (Å²) < 4.78 is 0. The van der Waals surface area contributed by atoms with Crippen LogP contribution in [0.3, 0.4) is 0 Å². The molecule has 1 aromatic rings. The van der Waals surface area contributed by atoms with Crippen LogP contribution in [-0.4, -0.2) is 6.54 Å². The van der Waals surface area contributed by atoms with Gasteiger partial charge in [0.05, 0.1) is 0 Å². The summed E-state index contributed by atoms with van der Waals surface area (Å²) in [5, 5.41) is 4.45. The average molecular weight is 224 g/mol. The Bertz CT molecular complexity index is 344. The molecule has 0 amide bonds. The summed E-state index contributed by atoms with van der Waals surface area (Å²) in [4.78, 5) is 0. The molecule has 1 aliphatic carbocycles. The minimum atomic E-state index is 0.461. The van der Waals surface area contributed by atoms with Gasteiger partial charge in [-0.1, -0.05) is 30.7 Å². The lowest BCUT2D eigenvalue weighted by Gasteiger charge is -2.19. The second-order valence-corrected chi connectivity index (χ2v) is 4.80. The van der Waals surface area contributed by atoms with Crippen LogP contribution >= 0.6 is 11.6 Å². The van der Waals surface area contributed by atoms with Crippen LogP contribution in [0.5, 0.6) is 0 Å². The minimum Gasteiger partial charge on any atom is -0.310 e. The van der Waals surface area contributed by atoms with Crippen molar-refractivity contribution in [3.05, 3.63) is 34.3 Å². The van der Waals surface area contributed by atoms with Gasteiger partial charge in [0, 0.05) is 11.1 Å². The van der Waals surface area contributed by atoms with Gasteiger partial charge in [-0.05, 0) is 49.4 Å². The third-order valence-electron chi connectivity index (χ3n) is 3.01. The number of aryl methyl sites for hydroxylation is 1. The van der Waals surface area contributed by atoms with Gasteiger partial charge < -0.3 is 5.32 Å². The number of hydrogen-bond acceptors (Lipinski definition) is 1. The van der Waals surface area contributed by atoms with E-state index in [0.717, 1.165) is 17.5 Å². The van der Waals surface area contributed by atoms with E-state index < -0.39 is 0 Å². The molecule has 1 fully saturated rings. The predicted octanol–water partition coefficient (Wildman–Crippen LogP) is 3.71. The number of benzene rings is 1. The van der Waals surface area contributed by atoms with Gasteiger partial charge >= 0.3 is 0 Å². The molecule has 1 aliphatic rings. The summed E-state index contributed by atoms with van der Waals surface area (Å²) >= 11 is 6.29. The van der Waals surface area contributed by atoms with Gasteiger partial charge in [-0.2, -0.15) is 0 Å². The molecular formula is C13H18ClN. The van der Waals surface area contributed by atoms with Crippen molar-refractivity contribution in [1.82, 2.24) is 5.32 Å². The normalized spacial score (nSPS) is 17.8. The molecule has 1 N–H and O–H groups in total. The van der Waals surface area contributed by atoms with Crippen LogP contribution in [0.1, 0.15) is 36.9 Å². The van der Waals surface area contributed by atoms with Crippen LogP contribution in [0.4, 0.5) is 0 Å².